The maximum atomic E-state index is 14.1. The van der Waals surface area contributed by atoms with Crippen molar-refractivity contribution in [3.8, 4) is 0 Å². The second-order valence-corrected chi connectivity index (χ2v) is 8.10. The molecule has 1 aromatic heterocycles. The Balaban J connectivity index is 1.89. The molecule has 2 aromatic carbocycles. The molecule has 146 valence electrons. The third-order valence-electron chi connectivity index (χ3n) is 3.66. The van der Waals surface area contributed by atoms with E-state index in [9.17, 15) is 25.9 Å². The highest BCUT2D eigenvalue weighted by molar-refractivity contribution is 7.86. The minimum atomic E-state index is -4.82. The van der Waals surface area contributed by atoms with Gasteiger partial charge in [0.1, 0.15) is 22.3 Å². The molecular formula is C17H12F3N3O3S2. The van der Waals surface area contributed by atoms with E-state index < -0.39 is 38.1 Å². The summed E-state index contributed by atoms with van der Waals surface area (Å²) in [4.78, 5) is 15.8. The van der Waals surface area contributed by atoms with Crippen LogP contribution in [0.3, 0.4) is 0 Å². The van der Waals surface area contributed by atoms with E-state index in [1.807, 2.05) is 0 Å². The van der Waals surface area contributed by atoms with Crippen LogP contribution in [0.25, 0.3) is 0 Å². The van der Waals surface area contributed by atoms with Crippen molar-refractivity contribution < 1.29 is 25.9 Å². The molecule has 0 radical (unpaired) electrons. The highest BCUT2D eigenvalue weighted by Gasteiger charge is 2.24. The fourth-order valence-electron chi connectivity index (χ4n) is 2.40. The van der Waals surface area contributed by atoms with Gasteiger partial charge in [0.05, 0.1) is 10.5 Å². The highest BCUT2D eigenvalue weighted by Crippen LogP contribution is 2.31. The number of aromatic nitrogens is 1. The van der Waals surface area contributed by atoms with Crippen LogP contribution in [0, 0.1) is 18.6 Å². The van der Waals surface area contributed by atoms with Crippen LogP contribution in [0.1, 0.15) is 20.8 Å². The summed E-state index contributed by atoms with van der Waals surface area (Å²) >= 11 is 0.766. The summed E-state index contributed by atoms with van der Waals surface area (Å²) in [5, 5.41) is 2.89. The fraction of sp³-hybridized carbons (Fsp3) is 0.0588. The zero-order valence-electron chi connectivity index (χ0n) is 14.2. The summed E-state index contributed by atoms with van der Waals surface area (Å²) in [6.07, 6.45) is 0. The van der Waals surface area contributed by atoms with Gasteiger partial charge in [-0.1, -0.05) is 11.3 Å². The van der Waals surface area contributed by atoms with Gasteiger partial charge in [-0.15, -0.1) is 3.89 Å². The molecule has 0 unspecified atom stereocenters. The fourth-order valence-corrected chi connectivity index (χ4v) is 3.72. The van der Waals surface area contributed by atoms with E-state index in [1.165, 1.54) is 19.1 Å². The number of thiazole rings is 1. The van der Waals surface area contributed by atoms with Crippen molar-refractivity contribution >= 4 is 44.0 Å². The molecule has 28 heavy (non-hydrogen) atoms. The van der Waals surface area contributed by atoms with Crippen LogP contribution < -0.4 is 11.1 Å². The van der Waals surface area contributed by atoms with E-state index in [4.69, 9.17) is 5.73 Å². The average molecular weight is 427 g/mol. The zero-order valence-corrected chi connectivity index (χ0v) is 15.8. The Bertz CT molecular complexity index is 1150. The lowest BCUT2D eigenvalue weighted by atomic mass is 10.1. The van der Waals surface area contributed by atoms with E-state index in [-0.39, 0.29) is 15.8 Å². The predicted octanol–water partition coefficient (Wildman–Crippen LogP) is 3.94. The molecule has 0 amide bonds. The predicted molar refractivity (Wildman–Crippen MR) is 99.1 cm³/mol. The number of anilines is 3. The van der Waals surface area contributed by atoms with Crippen LogP contribution in [0.5, 0.6) is 0 Å². The number of carbonyl (C=O) groups is 1. The van der Waals surface area contributed by atoms with Gasteiger partial charge in [-0.2, -0.15) is 8.42 Å². The smallest absolute Gasteiger partial charge is 0.332 e. The van der Waals surface area contributed by atoms with Crippen LogP contribution in [0.4, 0.5) is 29.3 Å². The second kappa shape index (κ2) is 7.24. The van der Waals surface area contributed by atoms with E-state index in [1.54, 1.807) is 0 Å². The van der Waals surface area contributed by atoms with E-state index >= 15 is 0 Å². The Labute approximate surface area is 162 Å². The van der Waals surface area contributed by atoms with Crippen LogP contribution in [0.2, 0.25) is 0 Å². The van der Waals surface area contributed by atoms with Crippen LogP contribution >= 0.6 is 11.3 Å². The van der Waals surface area contributed by atoms with Crippen molar-refractivity contribution in [3.63, 3.8) is 0 Å². The second-order valence-electron chi connectivity index (χ2n) is 5.75. The number of carbonyl (C=O) groups excluding carboxylic acids is 1. The van der Waals surface area contributed by atoms with Gasteiger partial charge in [0, 0.05) is 5.69 Å². The molecule has 6 nitrogen and oxygen atoms in total. The van der Waals surface area contributed by atoms with Gasteiger partial charge in [0.15, 0.2) is 5.13 Å². The monoisotopic (exact) mass is 427 g/mol. The molecule has 0 aliphatic carbocycles. The van der Waals surface area contributed by atoms with Gasteiger partial charge in [-0.3, -0.25) is 4.79 Å². The number of nitrogen functional groups attached to an aromatic ring is 1. The largest absolute Gasteiger partial charge is 0.382 e. The van der Waals surface area contributed by atoms with Gasteiger partial charge < -0.3 is 11.1 Å². The number of rotatable bonds is 5. The number of nitrogens with one attached hydrogen (secondary N) is 1. The summed E-state index contributed by atoms with van der Waals surface area (Å²) in [5.74, 6) is -3.18. The molecular weight excluding hydrogens is 415 g/mol. The Morgan fingerprint density at radius 1 is 1.14 bits per heavy atom. The Kier molecular flexibility index (Phi) is 5.13. The van der Waals surface area contributed by atoms with E-state index in [0.29, 0.717) is 11.3 Å². The maximum absolute atomic E-state index is 14.1. The van der Waals surface area contributed by atoms with Crippen molar-refractivity contribution in [2.24, 2.45) is 0 Å². The number of nitrogens with zero attached hydrogens (tertiary/aromatic N) is 1. The Hall–Kier alpha value is -2.92. The van der Waals surface area contributed by atoms with Crippen molar-refractivity contribution in [2.45, 2.75) is 11.8 Å². The molecule has 0 aliphatic heterocycles. The minimum absolute atomic E-state index is 0.129. The average Bonchev–Trinajstić information content (AvgIpc) is 2.93. The number of ketones is 1. The lowest BCUT2D eigenvalue weighted by molar-refractivity contribution is 0.103. The summed E-state index contributed by atoms with van der Waals surface area (Å²) < 4.78 is 62.7. The molecule has 3 N–H and O–H groups in total. The van der Waals surface area contributed by atoms with Gasteiger partial charge in [-0.05, 0) is 48.9 Å². The first kappa shape index (κ1) is 19.8. The maximum Gasteiger partial charge on any atom is 0.332 e. The molecule has 0 bridgehead atoms. The molecule has 0 saturated carbocycles. The molecule has 11 heteroatoms. The normalized spacial score (nSPS) is 11.4. The summed E-state index contributed by atoms with van der Waals surface area (Å²) in [5.41, 5.74) is 5.64. The van der Waals surface area contributed by atoms with Crippen molar-refractivity contribution in [2.75, 3.05) is 11.1 Å². The van der Waals surface area contributed by atoms with E-state index in [2.05, 4.69) is 10.3 Å². The van der Waals surface area contributed by atoms with Crippen molar-refractivity contribution in [1.29, 1.82) is 0 Å². The van der Waals surface area contributed by atoms with Crippen molar-refractivity contribution in [1.82, 2.24) is 4.98 Å². The number of benzene rings is 2. The first-order chi connectivity index (χ1) is 13.1. The number of aryl methyl sites for hydroxylation is 1. The van der Waals surface area contributed by atoms with Gasteiger partial charge >= 0.3 is 10.2 Å². The lowest BCUT2D eigenvalue weighted by Gasteiger charge is -2.04. The molecule has 0 atom stereocenters. The summed E-state index contributed by atoms with van der Waals surface area (Å²) in [6.45, 7) is 1.49. The van der Waals surface area contributed by atoms with Gasteiger partial charge in [0.25, 0.3) is 0 Å². The molecule has 0 saturated heterocycles. The van der Waals surface area contributed by atoms with Crippen LogP contribution in [-0.2, 0) is 10.2 Å². The SMILES string of the molecule is Cc1cc(F)c(C(=O)c2sc(Nc3ccc(S(=O)(=O)F)cc3)nc2N)c(F)c1. The van der Waals surface area contributed by atoms with Gasteiger partial charge in [0.2, 0.25) is 5.78 Å². The molecule has 0 aliphatic rings. The van der Waals surface area contributed by atoms with Crippen LogP contribution in [0.15, 0.2) is 41.3 Å². The number of hydrogen-bond donors (Lipinski definition) is 2. The van der Waals surface area contributed by atoms with E-state index in [0.717, 1.165) is 35.6 Å². The first-order valence-electron chi connectivity index (χ1n) is 7.64. The standard InChI is InChI=1S/C17H12F3N3O3S2/c1-8-6-11(18)13(12(19)7-8)14(24)15-16(21)23-17(27-15)22-9-2-4-10(5-3-9)28(20,25)26/h2-7H,21H2,1H3,(H,22,23). The topological polar surface area (TPSA) is 102 Å². The number of hydrogen-bond acceptors (Lipinski definition) is 7. The third-order valence-corrected chi connectivity index (χ3v) is 5.48. The molecule has 0 fully saturated rings. The van der Waals surface area contributed by atoms with Gasteiger partial charge in [-0.25, -0.2) is 13.8 Å². The summed E-state index contributed by atoms with van der Waals surface area (Å²) in [7, 11) is -4.82. The Morgan fingerprint density at radius 2 is 1.71 bits per heavy atom. The quantitative estimate of drug-likeness (QED) is 0.472. The Morgan fingerprint density at radius 3 is 2.25 bits per heavy atom. The molecule has 3 aromatic rings. The molecule has 1 heterocycles. The number of halogens is 3. The first-order valence-corrected chi connectivity index (χ1v) is 9.84. The van der Waals surface area contributed by atoms with Crippen molar-refractivity contribution in [3.05, 3.63) is 64.0 Å². The minimum Gasteiger partial charge on any atom is -0.382 e. The van der Waals surface area contributed by atoms with Crippen LogP contribution in [-0.4, -0.2) is 19.2 Å². The highest BCUT2D eigenvalue weighted by atomic mass is 32.3. The third kappa shape index (κ3) is 3.99. The lowest BCUT2D eigenvalue weighted by Crippen LogP contribution is -2.08. The molecule has 3 rings (SSSR count). The number of nitrogens with two attached hydrogens (primary N) is 1. The summed E-state index contributed by atoms with van der Waals surface area (Å²) in [6, 6.07) is 6.71. The zero-order chi connectivity index (χ0) is 20.6. The molecule has 0 spiro atoms.